The number of nitrogens with one attached hydrogen (secondary N) is 1. The van der Waals surface area contributed by atoms with E-state index in [1.54, 1.807) is 32.3 Å². The summed E-state index contributed by atoms with van der Waals surface area (Å²) >= 11 is 6.10. The van der Waals surface area contributed by atoms with Crippen molar-refractivity contribution in [2.24, 2.45) is 11.1 Å². The topological polar surface area (TPSA) is 75.4 Å². The smallest absolute Gasteiger partial charge is 0.254 e. The Kier molecular flexibility index (Phi) is 8.19. The van der Waals surface area contributed by atoms with Crippen LogP contribution >= 0.6 is 24.0 Å². The Hall–Kier alpha value is -1.30. The lowest BCUT2D eigenvalue weighted by molar-refractivity contribution is -0.118. The first-order valence-corrected chi connectivity index (χ1v) is 8.76. The van der Waals surface area contributed by atoms with Crippen molar-refractivity contribution in [2.75, 3.05) is 26.0 Å². The molecular weight excluding hydrogens is 361 g/mol. The Bertz CT molecular complexity index is 614. The first-order valence-electron chi connectivity index (χ1n) is 8.38. The normalized spacial score (nSPS) is 15.8. The highest BCUT2D eigenvalue weighted by Gasteiger charge is 2.33. The van der Waals surface area contributed by atoms with Crippen LogP contribution in [-0.2, 0) is 4.79 Å². The molecule has 0 radical (unpaired) electrons. The fourth-order valence-electron chi connectivity index (χ4n) is 3.31. The lowest BCUT2D eigenvalue weighted by Gasteiger charge is -2.35. The number of nitrogens with two attached hydrogens (primary N) is 1. The second kappa shape index (κ2) is 9.41. The van der Waals surface area contributed by atoms with Crippen LogP contribution in [0.1, 0.15) is 48.9 Å². The van der Waals surface area contributed by atoms with E-state index in [1.807, 2.05) is 0 Å². The predicted molar refractivity (Wildman–Crippen MR) is 105 cm³/mol. The summed E-state index contributed by atoms with van der Waals surface area (Å²) in [6.07, 6.45) is 5.91. The minimum atomic E-state index is -0.193. The molecule has 0 unspecified atom stereocenters. The van der Waals surface area contributed by atoms with Gasteiger partial charge in [-0.05, 0) is 43.0 Å². The van der Waals surface area contributed by atoms with E-state index in [-0.39, 0.29) is 29.6 Å². The van der Waals surface area contributed by atoms with E-state index in [0.717, 1.165) is 25.7 Å². The maximum atomic E-state index is 12.4. The Labute approximate surface area is 160 Å². The minimum Gasteiger partial charge on any atom is -0.345 e. The minimum absolute atomic E-state index is 0. The van der Waals surface area contributed by atoms with Crippen LogP contribution in [0.2, 0.25) is 5.02 Å². The molecule has 1 fully saturated rings. The number of nitrogens with zero attached hydrogens (tertiary/aromatic N) is 1. The van der Waals surface area contributed by atoms with Gasteiger partial charge in [-0.15, -0.1) is 12.4 Å². The van der Waals surface area contributed by atoms with Crippen LogP contribution in [0.5, 0.6) is 0 Å². The summed E-state index contributed by atoms with van der Waals surface area (Å²) in [5, 5.41) is 3.26. The Balaban J connectivity index is 0.00000312. The molecule has 0 aromatic heterocycles. The van der Waals surface area contributed by atoms with Gasteiger partial charge in [0, 0.05) is 26.2 Å². The third-order valence-corrected chi connectivity index (χ3v) is 5.10. The molecule has 1 aromatic rings. The van der Waals surface area contributed by atoms with Gasteiger partial charge in [0.25, 0.3) is 5.91 Å². The summed E-state index contributed by atoms with van der Waals surface area (Å²) < 4.78 is 0. The number of carbonyl (C=O) groups is 2. The van der Waals surface area contributed by atoms with Crippen molar-refractivity contribution in [2.45, 2.75) is 38.5 Å². The summed E-state index contributed by atoms with van der Waals surface area (Å²) in [6, 6.07) is 4.97. The summed E-state index contributed by atoms with van der Waals surface area (Å²) in [4.78, 5) is 26.0. The molecule has 3 N–H and O–H groups in total. The molecule has 0 spiro atoms. The Morgan fingerprint density at radius 1 is 1.24 bits per heavy atom. The molecule has 25 heavy (non-hydrogen) atoms. The van der Waals surface area contributed by atoms with Crippen molar-refractivity contribution in [3.63, 3.8) is 0 Å². The lowest BCUT2D eigenvalue weighted by atomic mass is 9.71. The molecule has 2 rings (SSSR count). The summed E-state index contributed by atoms with van der Waals surface area (Å²) in [5.41, 5.74) is 6.82. The largest absolute Gasteiger partial charge is 0.345 e. The standard InChI is InChI=1S/C18H26ClN3O2.ClH/c1-22(2)17(24)14-10-13(6-7-15(14)19)21-16(23)11-18(12-20)8-4-3-5-9-18;/h6-7,10H,3-5,8-9,11-12,20H2,1-2H3,(H,21,23);1H. The van der Waals surface area contributed by atoms with Crippen LogP contribution in [0.4, 0.5) is 5.69 Å². The van der Waals surface area contributed by atoms with Gasteiger partial charge in [-0.3, -0.25) is 9.59 Å². The fraction of sp³-hybridized carbons (Fsp3) is 0.556. The molecule has 0 atom stereocenters. The number of carbonyl (C=O) groups excluding carboxylic acids is 2. The lowest BCUT2D eigenvalue weighted by Crippen LogP contribution is -2.36. The highest BCUT2D eigenvalue weighted by Crippen LogP contribution is 2.38. The van der Waals surface area contributed by atoms with Crippen LogP contribution < -0.4 is 11.1 Å². The third-order valence-electron chi connectivity index (χ3n) is 4.77. The van der Waals surface area contributed by atoms with Crippen molar-refractivity contribution >= 4 is 41.5 Å². The zero-order valence-corrected chi connectivity index (χ0v) is 16.4. The molecule has 1 aromatic carbocycles. The number of rotatable bonds is 5. The average molecular weight is 388 g/mol. The van der Waals surface area contributed by atoms with Gasteiger partial charge in [0.05, 0.1) is 10.6 Å². The molecule has 7 heteroatoms. The highest BCUT2D eigenvalue weighted by atomic mass is 35.5. The number of anilines is 1. The molecule has 0 heterocycles. The number of hydrogen-bond donors (Lipinski definition) is 2. The van der Waals surface area contributed by atoms with Crippen molar-refractivity contribution in [3.05, 3.63) is 28.8 Å². The predicted octanol–water partition coefficient (Wildman–Crippen LogP) is 3.70. The molecule has 0 saturated heterocycles. The van der Waals surface area contributed by atoms with Gasteiger partial charge in [-0.25, -0.2) is 0 Å². The van der Waals surface area contributed by atoms with E-state index >= 15 is 0 Å². The van der Waals surface area contributed by atoms with Gasteiger partial charge >= 0.3 is 0 Å². The molecule has 1 aliphatic rings. The fourth-order valence-corrected chi connectivity index (χ4v) is 3.51. The summed E-state index contributed by atoms with van der Waals surface area (Å²) in [6.45, 7) is 0.533. The zero-order chi connectivity index (χ0) is 17.7. The maximum Gasteiger partial charge on any atom is 0.254 e. The number of amides is 2. The van der Waals surface area contributed by atoms with E-state index in [9.17, 15) is 9.59 Å². The van der Waals surface area contributed by atoms with Crippen molar-refractivity contribution < 1.29 is 9.59 Å². The summed E-state index contributed by atoms with van der Waals surface area (Å²) in [5.74, 6) is -0.255. The van der Waals surface area contributed by atoms with Crippen molar-refractivity contribution in [1.82, 2.24) is 4.90 Å². The SMILES string of the molecule is CN(C)C(=O)c1cc(NC(=O)CC2(CN)CCCCC2)ccc1Cl.Cl. The van der Waals surface area contributed by atoms with Gasteiger partial charge in [-0.1, -0.05) is 30.9 Å². The van der Waals surface area contributed by atoms with Crippen LogP contribution in [0.3, 0.4) is 0 Å². The monoisotopic (exact) mass is 387 g/mol. The van der Waals surface area contributed by atoms with E-state index in [1.165, 1.54) is 11.3 Å². The number of benzene rings is 1. The molecule has 0 aliphatic heterocycles. The Morgan fingerprint density at radius 2 is 1.88 bits per heavy atom. The Morgan fingerprint density at radius 3 is 2.44 bits per heavy atom. The van der Waals surface area contributed by atoms with Gasteiger partial charge in [-0.2, -0.15) is 0 Å². The van der Waals surface area contributed by atoms with Crippen LogP contribution in [0.25, 0.3) is 0 Å². The number of hydrogen-bond acceptors (Lipinski definition) is 3. The molecule has 0 bridgehead atoms. The number of halogens is 2. The molecule has 2 amide bonds. The maximum absolute atomic E-state index is 12.4. The molecular formula is C18H27Cl2N3O2. The second-order valence-electron chi connectivity index (χ2n) is 6.88. The second-order valence-corrected chi connectivity index (χ2v) is 7.29. The van der Waals surface area contributed by atoms with E-state index in [2.05, 4.69) is 5.32 Å². The summed E-state index contributed by atoms with van der Waals surface area (Å²) in [7, 11) is 3.33. The van der Waals surface area contributed by atoms with Crippen LogP contribution in [0.15, 0.2) is 18.2 Å². The van der Waals surface area contributed by atoms with Gasteiger partial charge in [0.2, 0.25) is 5.91 Å². The zero-order valence-electron chi connectivity index (χ0n) is 14.8. The van der Waals surface area contributed by atoms with E-state index in [4.69, 9.17) is 17.3 Å². The van der Waals surface area contributed by atoms with E-state index < -0.39 is 0 Å². The van der Waals surface area contributed by atoms with E-state index in [0.29, 0.717) is 29.2 Å². The highest BCUT2D eigenvalue weighted by molar-refractivity contribution is 6.34. The van der Waals surface area contributed by atoms with Crippen molar-refractivity contribution in [3.8, 4) is 0 Å². The first-order chi connectivity index (χ1) is 11.4. The van der Waals surface area contributed by atoms with Gasteiger partial charge in [0.15, 0.2) is 0 Å². The quantitative estimate of drug-likeness (QED) is 0.808. The first kappa shape index (κ1) is 21.7. The van der Waals surface area contributed by atoms with Crippen molar-refractivity contribution in [1.29, 1.82) is 0 Å². The van der Waals surface area contributed by atoms with Crippen LogP contribution in [-0.4, -0.2) is 37.4 Å². The average Bonchev–Trinajstić information content (AvgIpc) is 2.56. The van der Waals surface area contributed by atoms with Crippen LogP contribution in [0, 0.1) is 5.41 Å². The molecule has 140 valence electrons. The van der Waals surface area contributed by atoms with Gasteiger partial charge in [0.1, 0.15) is 0 Å². The van der Waals surface area contributed by atoms with Gasteiger partial charge < -0.3 is 16.0 Å². The molecule has 5 nitrogen and oxygen atoms in total. The third kappa shape index (κ3) is 5.59. The molecule has 1 aliphatic carbocycles. The molecule has 1 saturated carbocycles.